The van der Waals surface area contributed by atoms with Crippen molar-refractivity contribution in [3.05, 3.63) is 0 Å². The van der Waals surface area contributed by atoms with Crippen molar-refractivity contribution in [3.8, 4) is 0 Å². The van der Waals surface area contributed by atoms with Crippen molar-refractivity contribution in [2.45, 2.75) is 57.0 Å². The van der Waals surface area contributed by atoms with E-state index in [2.05, 4.69) is 35.1 Å². The maximum absolute atomic E-state index is 12.7. The molecule has 1 fully saturated rings. The Morgan fingerprint density at radius 2 is 2.00 bits per heavy atom. The second-order valence-electron chi connectivity index (χ2n) is 6.07. The number of hydrogen-bond donors (Lipinski definition) is 1. The fraction of sp³-hybridized carbons (Fsp3) is 0.929. The summed E-state index contributed by atoms with van der Waals surface area (Å²) in [5, 5.41) is 2.78. The summed E-state index contributed by atoms with van der Waals surface area (Å²) >= 11 is 3.48. The molecule has 1 saturated carbocycles. The number of hydrogen-bond acceptors (Lipinski definition) is 1. The predicted molar refractivity (Wildman–Crippen MR) is 76.7 cm³/mol. The summed E-state index contributed by atoms with van der Waals surface area (Å²) in [7, 11) is 0. The number of rotatable bonds is 5. The average molecular weight is 358 g/mol. The van der Waals surface area contributed by atoms with Crippen LogP contribution in [-0.4, -0.2) is 23.5 Å². The maximum Gasteiger partial charge on any atom is 0.391 e. The molecule has 3 unspecified atom stereocenters. The Kier molecular flexibility index (Phi) is 6.82. The molecule has 1 aliphatic carbocycles. The molecule has 3 atom stereocenters. The van der Waals surface area contributed by atoms with Crippen LogP contribution in [0.2, 0.25) is 0 Å². The van der Waals surface area contributed by atoms with E-state index in [0.717, 1.165) is 6.42 Å². The molecule has 0 aliphatic heterocycles. The summed E-state index contributed by atoms with van der Waals surface area (Å²) in [5.41, 5.74) is 0. The van der Waals surface area contributed by atoms with E-state index >= 15 is 0 Å². The van der Waals surface area contributed by atoms with Crippen molar-refractivity contribution in [1.82, 2.24) is 5.32 Å². The molecule has 20 heavy (non-hydrogen) atoms. The zero-order valence-corrected chi connectivity index (χ0v) is 13.6. The Morgan fingerprint density at radius 3 is 2.55 bits per heavy atom. The molecule has 0 heterocycles. The number of alkyl halides is 4. The van der Waals surface area contributed by atoms with Crippen molar-refractivity contribution in [3.63, 3.8) is 0 Å². The normalized spacial score (nSPS) is 25.6. The number of nitrogens with one attached hydrogen (secondary N) is 1. The molecule has 0 aromatic heterocycles. The Morgan fingerprint density at radius 1 is 1.35 bits per heavy atom. The highest BCUT2D eigenvalue weighted by Gasteiger charge is 2.43. The van der Waals surface area contributed by atoms with Gasteiger partial charge in [-0.25, -0.2) is 0 Å². The summed E-state index contributed by atoms with van der Waals surface area (Å²) in [4.78, 5) is 12.1. The molecule has 2 nitrogen and oxygen atoms in total. The highest BCUT2D eigenvalue weighted by atomic mass is 79.9. The fourth-order valence-electron chi connectivity index (χ4n) is 2.68. The van der Waals surface area contributed by atoms with Gasteiger partial charge < -0.3 is 5.32 Å². The van der Waals surface area contributed by atoms with Crippen LogP contribution in [0.3, 0.4) is 0 Å². The van der Waals surface area contributed by atoms with Gasteiger partial charge in [0.05, 0.1) is 5.92 Å². The molecule has 0 aromatic rings. The maximum atomic E-state index is 12.7. The molecule has 0 spiro atoms. The van der Waals surface area contributed by atoms with E-state index in [1.54, 1.807) is 0 Å². The molecule has 1 rings (SSSR count). The molecule has 6 heteroatoms. The standard InChI is InChI=1S/C14H23BrF3NO/c1-9(2)6-12(15)8-19-13(20)10-4-3-5-11(7-10)14(16,17)18/h9-12H,3-8H2,1-2H3,(H,19,20). The molecular formula is C14H23BrF3NO. The third-order valence-electron chi connectivity index (χ3n) is 3.73. The van der Waals surface area contributed by atoms with Crippen LogP contribution in [0.25, 0.3) is 0 Å². The number of halogens is 4. The van der Waals surface area contributed by atoms with Gasteiger partial charge in [-0.1, -0.05) is 36.2 Å². The smallest absolute Gasteiger partial charge is 0.355 e. The van der Waals surface area contributed by atoms with Crippen molar-refractivity contribution in [1.29, 1.82) is 0 Å². The molecular weight excluding hydrogens is 335 g/mol. The van der Waals surface area contributed by atoms with Crippen LogP contribution in [0.5, 0.6) is 0 Å². The summed E-state index contributed by atoms with van der Waals surface area (Å²) in [6.07, 6.45) is -2.11. The number of amides is 1. The third-order valence-corrected chi connectivity index (χ3v) is 4.43. The Bertz CT molecular complexity index is 320. The van der Waals surface area contributed by atoms with Gasteiger partial charge in [-0.3, -0.25) is 4.79 Å². The van der Waals surface area contributed by atoms with Crippen LogP contribution in [0.1, 0.15) is 46.0 Å². The number of carbonyl (C=O) groups is 1. The lowest BCUT2D eigenvalue weighted by molar-refractivity contribution is -0.186. The number of carbonyl (C=O) groups excluding carboxylic acids is 1. The Hall–Kier alpha value is -0.260. The van der Waals surface area contributed by atoms with E-state index in [4.69, 9.17) is 0 Å². The highest BCUT2D eigenvalue weighted by Crippen LogP contribution is 2.39. The van der Waals surface area contributed by atoms with Gasteiger partial charge in [0.25, 0.3) is 0 Å². The van der Waals surface area contributed by atoms with Gasteiger partial charge in [-0.15, -0.1) is 0 Å². The van der Waals surface area contributed by atoms with Crippen LogP contribution in [0.15, 0.2) is 0 Å². The minimum atomic E-state index is -4.17. The third kappa shape index (κ3) is 6.02. The second-order valence-corrected chi connectivity index (χ2v) is 7.37. The molecule has 118 valence electrons. The van der Waals surface area contributed by atoms with E-state index in [0.29, 0.717) is 25.3 Å². The van der Waals surface area contributed by atoms with Crippen LogP contribution in [0, 0.1) is 17.8 Å². The minimum Gasteiger partial charge on any atom is -0.355 e. The topological polar surface area (TPSA) is 29.1 Å². The van der Waals surface area contributed by atoms with Gasteiger partial charge in [0.2, 0.25) is 5.91 Å². The van der Waals surface area contributed by atoms with Gasteiger partial charge in [0.1, 0.15) is 0 Å². The van der Waals surface area contributed by atoms with E-state index < -0.39 is 18.0 Å². The fourth-order valence-corrected chi connectivity index (χ4v) is 3.59. The van der Waals surface area contributed by atoms with Crippen molar-refractivity contribution in [2.75, 3.05) is 6.54 Å². The van der Waals surface area contributed by atoms with Gasteiger partial charge in [-0.05, 0) is 31.6 Å². The average Bonchev–Trinajstić information content (AvgIpc) is 2.34. The Labute approximate surface area is 127 Å². The van der Waals surface area contributed by atoms with Gasteiger partial charge in [-0.2, -0.15) is 13.2 Å². The van der Waals surface area contributed by atoms with Crippen LogP contribution in [-0.2, 0) is 4.79 Å². The summed E-state index contributed by atoms with van der Waals surface area (Å²) in [6, 6.07) is 0. The lowest BCUT2D eigenvalue weighted by atomic mass is 9.80. The summed E-state index contributed by atoms with van der Waals surface area (Å²) < 4.78 is 38.1. The van der Waals surface area contributed by atoms with Crippen molar-refractivity contribution < 1.29 is 18.0 Å². The SMILES string of the molecule is CC(C)CC(Br)CNC(=O)C1CCCC(C(F)(F)F)C1. The molecule has 0 aromatic carbocycles. The summed E-state index contributed by atoms with van der Waals surface area (Å²) in [6.45, 7) is 4.65. The van der Waals surface area contributed by atoms with Gasteiger partial charge in [0, 0.05) is 17.3 Å². The quantitative estimate of drug-likeness (QED) is 0.731. The van der Waals surface area contributed by atoms with Crippen molar-refractivity contribution >= 4 is 21.8 Å². The van der Waals surface area contributed by atoms with Crippen LogP contribution < -0.4 is 5.32 Å². The predicted octanol–water partition coefficient (Wildman–Crippen LogP) is 4.28. The van der Waals surface area contributed by atoms with Gasteiger partial charge in [0.15, 0.2) is 0 Å². The molecule has 0 radical (unpaired) electrons. The van der Waals surface area contributed by atoms with E-state index in [9.17, 15) is 18.0 Å². The zero-order chi connectivity index (χ0) is 15.3. The van der Waals surface area contributed by atoms with E-state index in [-0.39, 0.29) is 23.6 Å². The second kappa shape index (κ2) is 7.66. The first kappa shape index (κ1) is 17.8. The van der Waals surface area contributed by atoms with E-state index in [1.807, 2.05) is 0 Å². The first-order valence-electron chi connectivity index (χ1n) is 7.18. The molecule has 1 aliphatic rings. The largest absolute Gasteiger partial charge is 0.391 e. The van der Waals surface area contributed by atoms with Gasteiger partial charge >= 0.3 is 6.18 Å². The first-order valence-corrected chi connectivity index (χ1v) is 8.10. The molecule has 0 saturated heterocycles. The minimum absolute atomic E-state index is 0.0630. The first-order chi connectivity index (χ1) is 9.20. The van der Waals surface area contributed by atoms with Crippen LogP contribution in [0.4, 0.5) is 13.2 Å². The lowest BCUT2D eigenvalue weighted by Gasteiger charge is -2.30. The zero-order valence-electron chi connectivity index (χ0n) is 12.0. The molecule has 1 amide bonds. The van der Waals surface area contributed by atoms with Crippen LogP contribution >= 0.6 is 15.9 Å². The molecule has 1 N–H and O–H groups in total. The lowest BCUT2D eigenvalue weighted by Crippen LogP contribution is -2.39. The van der Waals surface area contributed by atoms with E-state index in [1.165, 1.54) is 0 Å². The Balaban J connectivity index is 2.39. The van der Waals surface area contributed by atoms with Crippen molar-refractivity contribution in [2.24, 2.45) is 17.8 Å². The molecule has 0 bridgehead atoms. The summed E-state index contributed by atoms with van der Waals surface area (Å²) in [5.74, 6) is -1.52. The monoisotopic (exact) mass is 357 g/mol. The highest BCUT2D eigenvalue weighted by molar-refractivity contribution is 9.09.